The molecule has 2 aromatic heterocycles. The van der Waals surface area contributed by atoms with Gasteiger partial charge in [0.25, 0.3) is 0 Å². The maximum Gasteiger partial charge on any atom is 0.321 e. The summed E-state index contributed by atoms with van der Waals surface area (Å²) in [5, 5.41) is 3.04. The molecule has 150 valence electrons. The summed E-state index contributed by atoms with van der Waals surface area (Å²) in [6.07, 6.45) is 6.45. The largest absolute Gasteiger partial charge is 0.324 e. The van der Waals surface area contributed by atoms with E-state index in [0.29, 0.717) is 11.8 Å². The zero-order valence-electron chi connectivity index (χ0n) is 16.8. The molecule has 2 aliphatic rings. The number of amides is 2. The Morgan fingerprint density at radius 3 is 2.79 bits per heavy atom. The lowest BCUT2D eigenvalue weighted by Crippen LogP contribution is -2.43. The first-order chi connectivity index (χ1) is 14.2. The molecular weight excluding hydrogens is 362 g/mol. The molecule has 3 aromatic rings. The third-order valence-corrected chi connectivity index (χ3v) is 6.03. The summed E-state index contributed by atoms with van der Waals surface area (Å²) in [4.78, 5) is 24.2. The van der Waals surface area contributed by atoms with Crippen LogP contribution >= 0.6 is 0 Å². The number of benzene rings is 1. The Labute approximate surface area is 171 Å². The molecule has 0 bridgehead atoms. The van der Waals surface area contributed by atoms with Gasteiger partial charge in [0.15, 0.2) is 5.65 Å². The molecule has 1 saturated carbocycles. The number of urea groups is 1. The second-order valence-corrected chi connectivity index (χ2v) is 8.45. The predicted molar refractivity (Wildman–Crippen MR) is 114 cm³/mol. The Bertz CT molecular complexity index is 1020. The number of hydrogen-bond donors (Lipinski definition) is 1. The van der Waals surface area contributed by atoms with E-state index in [1.54, 1.807) is 0 Å². The van der Waals surface area contributed by atoms with Crippen molar-refractivity contribution in [3.8, 4) is 0 Å². The standard InChI is InChI=1S/C23H27N5O/c1-16-6-10-19(11-7-16)25-23(29)27-13-3-4-17(14-27)15-28-21(18-8-9-18)26-20-5-2-12-24-22(20)28/h2,5-7,10-12,17-18H,3-4,8-9,13-15H2,1H3,(H,25,29). The third-order valence-electron chi connectivity index (χ3n) is 6.03. The maximum atomic E-state index is 12.8. The number of rotatable bonds is 4. The van der Waals surface area contributed by atoms with Gasteiger partial charge in [-0.05, 0) is 62.8 Å². The molecule has 3 heterocycles. The van der Waals surface area contributed by atoms with Gasteiger partial charge >= 0.3 is 6.03 Å². The summed E-state index contributed by atoms with van der Waals surface area (Å²) >= 11 is 0. The smallest absolute Gasteiger partial charge is 0.321 e. The number of fused-ring (bicyclic) bond motifs is 1. The SMILES string of the molecule is Cc1ccc(NC(=O)N2CCCC(Cn3c(C4CC4)nc4cccnc43)C2)cc1. The molecule has 1 aliphatic heterocycles. The number of nitrogens with zero attached hydrogens (tertiary/aromatic N) is 4. The summed E-state index contributed by atoms with van der Waals surface area (Å²) in [6, 6.07) is 12.0. The van der Waals surface area contributed by atoms with Crippen LogP contribution in [0.4, 0.5) is 10.5 Å². The van der Waals surface area contributed by atoms with E-state index in [9.17, 15) is 4.79 Å². The Balaban J connectivity index is 1.30. The highest BCUT2D eigenvalue weighted by Crippen LogP contribution is 2.41. The van der Waals surface area contributed by atoms with Crippen molar-refractivity contribution in [2.75, 3.05) is 18.4 Å². The van der Waals surface area contributed by atoms with Crippen LogP contribution in [-0.2, 0) is 6.54 Å². The van der Waals surface area contributed by atoms with Gasteiger partial charge in [0.05, 0.1) is 0 Å². The highest BCUT2D eigenvalue weighted by atomic mass is 16.2. The number of imidazole rings is 1. The average Bonchev–Trinajstić information content (AvgIpc) is 3.53. The quantitative estimate of drug-likeness (QED) is 0.711. The van der Waals surface area contributed by atoms with Crippen molar-refractivity contribution >= 4 is 22.9 Å². The fourth-order valence-electron chi connectivity index (χ4n) is 4.31. The highest BCUT2D eigenvalue weighted by molar-refractivity contribution is 5.89. The molecule has 1 saturated heterocycles. The van der Waals surface area contributed by atoms with Crippen LogP contribution in [0.15, 0.2) is 42.6 Å². The van der Waals surface area contributed by atoms with E-state index in [1.807, 2.05) is 54.4 Å². The zero-order valence-corrected chi connectivity index (χ0v) is 16.8. The first kappa shape index (κ1) is 18.2. The molecule has 0 spiro atoms. The van der Waals surface area contributed by atoms with E-state index in [4.69, 9.17) is 4.98 Å². The lowest BCUT2D eigenvalue weighted by molar-refractivity contribution is 0.170. The van der Waals surface area contributed by atoms with E-state index in [1.165, 1.54) is 24.2 Å². The van der Waals surface area contributed by atoms with Gasteiger partial charge in [-0.3, -0.25) is 0 Å². The number of nitrogens with one attached hydrogen (secondary N) is 1. The molecule has 2 amide bonds. The molecule has 1 unspecified atom stereocenters. The van der Waals surface area contributed by atoms with Crippen LogP contribution in [-0.4, -0.2) is 38.6 Å². The fraction of sp³-hybridized carbons (Fsp3) is 0.435. The number of aryl methyl sites for hydroxylation is 1. The van der Waals surface area contributed by atoms with Crippen LogP contribution in [0.1, 0.15) is 43.0 Å². The average molecular weight is 390 g/mol. The lowest BCUT2D eigenvalue weighted by atomic mass is 9.98. The van der Waals surface area contributed by atoms with Crippen LogP contribution in [0.25, 0.3) is 11.2 Å². The van der Waals surface area contributed by atoms with E-state index in [-0.39, 0.29) is 6.03 Å². The second kappa shape index (κ2) is 7.50. The molecule has 1 aromatic carbocycles. The number of carbonyl (C=O) groups excluding carboxylic acids is 1. The first-order valence-corrected chi connectivity index (χ1v) is 10.6. The number of hydrogen-bond acceptors (Lipinski definition) is 3. The molecule has 5 rings (SSSR count). The van der Waals surface area contributed by atoms with Crippen molar-refractivity contribution in [2.45, 2.75) is 45.1 Å². The molecule has 1 aliphatic carbocycles. The monoisotopic (exact) mass is 389 g/mol. The van der Waals surface area contributed by atoms with E-state index >= 15 is 0 Å². The summed E-state index contributed by atoms with van der Waals surface area (Å²) < 4.78 is 2.32. The van der Waals surface area contributed by atoms with Crippen molar-refractivity contribution in [3.63, 3.8) is 0 Å². The van der Waals surface area contributed by atoms with Crippen LogP contribution < -0.4 is 5.32 Å². The van der Waals surface area contributed by atoms with Crippen LogP contribution in [0.2, 0.25) is 0 Å². The Hall–Kier alpha value is -2.89. The molecule has 6 heteroatoms. The van der Waals surface area contributed by atoms with Gasteiger partial charge < -0.3 is 14.8 Å². The molecule has 0 radical (unpaired) electrons. The second-order valence-electron chi connectivity index (χ2n) is 8.45. The number of likely N-dealkylation sites (tertiary alicyclic amines) is 1. The fourth-order valence-corrected chi connectivity index (χ4v) is 4.31. The van der Waals surface area contributed by atoms with Gasteiger partial charge in [-0.25, -0.2) is 14.8 Å². The Kier molecular flexibility index (Phi) is 4.70. The van der Waals surface area contributed by atoms with E-state index < -0.39 is 0 Å². The number of carbonyl (C=O) groups is 1. The van der Waals surface area contributed by atoms with Crippen LogP contribution in [0.5, 0.6) is 0 Å². The topological polar surface area (TPSA) is 63.1 Å². The maximum absolute atomic E-state index is 12.8. The summed E-state index contributed by atoms with van der Waals surface area (Å²) in [6.45, 7) is 4.51. The molecule has 1 atom stereocenters. The van der Waals surface area contributed by atoms with Gasteiger partial charge in [-0.1, -0.05) is 17.7 Å². The van der Waals surface area contributed by atoms with Crippen molar-refractivity contribution < 1.29 is 4.79 Å². The van der Waals surface area contributed by atoms with E-state index in [2.05, 4.69) is 14.9 Å². The summed E-state index contributed by atoms with van der Waals surface area (Å²) in [7, 11) is 0. The normalized spacial score (nSPS) is 19.5. The first-order valence-electron chi connectivity index (χ1n) is 10.6. The van der Waals surface area contributed by atoms with Gasteiger partial charge in [0, 0.05) is 37.4 Å². The lowest BCUT2D eigenvalue weighted by Gasteiger charge is -2.33. The van der Waals surface area contributed by atoms with Crippen molar-refractivity contribution in [1.82, 2.24) is 19.4 Å². The van der Waals surface area contributed by atoms with Gasteiger partial charge in [0.2, 0.25) is 0 Å². The summed E-state index contributed by atoms with van der Waals surface area (Å²) in [5.41, 5.74) is 4.01. The molecule has 2 fully saturated rings. The molecule has 29 heavy (non-hydrogen) atoms. The van der Waals surface area contributed by atoms with Gasteiger partial charge in [-0.2, -0.15) is 0 Å². The van der Waals surface area contributed by atoms with Crippen LogP contribution in [0.3, 0.4) is 0 Å². The van der Waals surface area contributed by atoms with Crippen molar-refractivity contribution in [3.05, 3.63) is 54.0 Å². The Morgan fingerprint density at radius 1 is 1.17 bits per heavy atom. The minimum absolute atomic E-state index is 0.00502. The van der Waals surface area contributed by atoms with Gasteiger partial charge in [-0.15, -0.1) is 0 Å². The number of pyridine rings is 1. The highest BCUT2D eigenvalue weighted by Gasteiger charge is 2.32. The minimum Gasteiger partial charge on any atom is -0.324 e. The third kappa shape index (κ3) is 3.84. The number of aromatic nitrogens is 3. The number of anilines is 1. The van der Waals surface area contributed by atoms with Crippen molar-refractivity contribution in [2.24, 2.45) is 5.92 Å². The molecule has 1 N–H and O–H groups in total. The molecule has 6 nitrogen and oxygen atoms in total. The molecular formula is C23H27N5O. The van der Waals surface area contributed by atoms with E-state index in [0.717, 1.165) is 49.3 Å². The summed E-state index contributed by atoms with van der Waals surface area (Å²) in [5.74, 6) is 2.18. The van der Waals surface area contributed by atoms with Crippen LogP contribution in [0, 0.1) is 12.8 Å². The predicted octanol–water partition coefficient (Wildman–Crippen LogP) is 4.56. The Morgan fingerprint density at radius 2 is 2.00 bits per heavy atom. The van der Waals surface area contributed by atoms with Gasteiger partial charge in [0.1, 0.15) is 11.3 Å². The minimum atomic E-state index is -0.00502. The van der Waals surface area contributed by atoms with Crippen molar-refractivity contribution in [1.29, 1.82) is 0 Å². The zero-order chi connectivity index (χ0) is 19.8. The number of piperidine rings is 1.